The van der Waals surface area contributed by atoms with Crippen LogP contribution in [0.4, 0.5) is 0 Å². The third-order valence-corrected chi connectivity index (χ3v) is 5.98. The summed E-state index contributed by atoms with van der Waals surface area (Å²) in [5.74, 6) is -0.468. The molecule has 31 heavy (non-hydrogen) atoms. The number of carboxylic acid groups (broad SMARTS) is 2. The predicted molar refractivity (Wildman–Crippen MR) is 115 cm³/mol. The number of benzene rings is 1. The van der Waals surface area contributed by atoms with Crippen molar-refractivity contribution in [3.8, 4) is 12.3 Å². The standard InChI is InChI=1S/C21H27N3O.C2H2O4/c1-3-10-25-20-11-18-8-9-19(12-20)23(18)14-16(2)15-24-21-7-5-4-6-17(21)13-22-24;3-1(4)2(5)6/h1,4-7,13,16,18-20H,8-12,14-15H2,2H3;(H,3,4)(H,5,6)/t16-,18-,19+,20-;/m1./s1. The molecule has 0 unspecified atom stereocenters. The molecule has 8 nitrogen and oxygen atoms in total. The number of hydrogen-bond acceptors (Lipinski definition) is 5. The number of aromatic nitrogens is 2. The SMILES string of the molecule is C#CCO[C@@H]1C[C@H]2CC[C@@H](C1)N2C[C@@H](C)Cn1ncc2ccccc21.O=C(O)C(=O)O. The van der Waals surface area contributed by atoms with Gasteiger partial charge in [-0.2, -0.15) is 5.10 Å². The smallest absolute Gasteiger partial charge is 0.414 e. The number of carbonyl (C=O) groups is 2. The Hall–Kier alpha value is -2.89. The first-order chi connectivity index (χ1) is 14.9. The van der Waals surface area contributed by atoms with Crippen LogP contribution in [0.5, 0.6) is 0 Å². The molecule has 2 aromatic rings. The maximum atomic E-state index is 9.10. The van der Waals surface area contributed by atoms with Gasteiger partial charge in [-0.15, -0.1) is 6.42 Å². The number of ether oxygens (including phenoxy) is 1. The summed E-state index contributed by atoms with van der Waals surface area (Å²) in [6, 6.07) is 9.78. The van der Waals surface area contributed by atoms with Gasteiger partial charge in [-0.05, 0) is 37.7 Å². The molecule has 2 bridgehead atoms. The van der Waals surface area contributed by atoms with E-state index in [1.165, 1.54) is 23.7 Å². The monoisotopic (exact) mass is 427 g/mol. The Bertz CT molecular complexity index is 924. The van der Waals surface area contributed by atoms with E-state index >= 15 is 0 Å². The highest BCUT2D eigenvalue weighted by molar-refractivity contribution is 6.27. The van der Waals surface area contributed by atoms with Crippen molar-refractivity contribution in [2.24, 2.45) is 5.92 Å². The van der Waals surface area contributed by atoms with Crippen LogP contribution in [0.3, 0.4) is 0 Å². The van der Waals surface area contributed by atoms with Crippen molar-refractivity contribution < 1.29 is 24.5 Å². The van der Waals surface area contributed by atoms with E-state index in [0.717, 1.165) is 25.9 Å². The van der Waals surface area contributed by atoms with Gasteiger partial charge < -0.3 is 14.9 Å². The second-order valence-corrected chi connectivity index (χ2v) is 8.29. The summed E-state index contributed by atoms with van der Waals surface area (Å²) in [5.41, 5.74) is 1.23. The zero-order chi connectivity index (χ0) is 22.4. The second-order valence-electron chi connectivity index (χ2n) is 8.29. The minimum Gasteiger partial charge on any atom is -0.473 e. The summed E-state index contributed by atoms with van der Waals surface area (Å²) in [7, 11) is 0. The maximum absolute atomic E-state index is 9.10. The van der Waals surface area contributed by atoms with Crippen molar-refractivity contribution in [2.75, 3.05) is 13.2 Å². The molecule has 0 amide bonds. The van der Waals surface area contributed by atoms with Gasteiger partial charge in [0.2, 0.25) is 0 Å². The fourth-order valence-electron chi connectivity index (χ4n) is 4.71. The molecule has 2 fully saturated rings. The van der Waals surface area contributed by atoms with E-state index in [1.54, 1.807) is 0 Å². The van der Waals surface area contributed by atoms with Crippen molar-refractivity contribution in [2.45, 2.75) is 57.3 Å². The highest BCUT2D eigenvalue weighted by Gasteiger charge is 2.41. The topological polar surface area (TPSA) is 105 Å². The normalized spacial score (nSPS) is 23.5. The van der Waals surface area contributed by atoms with Crippen LogP contribution in [0.1, 0.15) is 32.6 Å². The molecule has 0 aliphatic carbocycles. The van der Waals surface area contributed by atoms with Crippen LogP contribution >= 0.6 is 0 Å². The molecule has 166 valence electrons. The van der Waals surface area contributed by atoms with Crippen molar-refractivity contribution in [1.29, 1.82) is 0 Å². The lowest BCUT2D eigenvalue weighted by molar-refractivity contribution is -0.159. The fraction of sp³-hybridized carbons (Fsp3) is 0.522. The number of carboxylic acids is 2. The van der Waals surface area contributed by atoms with E-state index in [1.807, 2.05) is 6.20 Å². The fourth-order valence-corrected chi connectivity index (χ4v) is 4.71. The van der Waals surface area contributed by atoms with Gasteiger partial charge in [0.1, 0.15) is 6.61 Å². The molecular formula is C23H29N3O5. The van der Waals surface area contributed by atoms with Crippen LogP contribution in [0, 0.1) is 18.3 Å². The maximum Gasteiger partial charge on any atom is 0.414 e. The van der Waals surface area contributed by atoms with E-state index in [9.17, 15) is 0 Å². The Balaban J connectivity index is 0.000000401. The average molecular weight is 428 g/mol. The molecule has 4 rings (SSSR count). The quantitative estimate of drug-likeness (QED) is 0.539. The van der Waals surface area contributed by atoms with Gasteiger partial charge in [-0.1, -0.05) is 31.0 Å². The molecule has 2 aliphatic rings. The first-order valence-electron chi connectivity index (χ1n) is 10.6. The largest absolute Gasteiger partial charge is 0.473 e. The lowest BCUT2D eigenvalue weighted by Gasteiger charge is -2.40. The van der Waals surface area contributed by atoms with Gasteiger partial charge in [-0.3, -0.25) is 9.58 Å². The molecule has 2 saturated heterocycles. The number of terminal acetylenes is 1. The molecule has 0 radical (unpaired) electrons. The molecule has 8 heteroatoms. The van der Waals surface area contributed by atoms with E-state index in [2.05, 4.69) is 51.8 Å². The van der Waals surface area contributed by atoms with Crippen molar-refractivity contribution in [3.63, 3.8) is 0 Å². The van der Waals surface area contributed by atoms with E-state index in [4.69, 9.17) is 31.0 Å². The van der Waals surface area contributed by atoms with Gasteiger partial charge in [0.15, 0.2) is 0 Å². The van der Waals surface area contributed by atoms with Crippen molar-refractivity contribution in [1.82, 2.24) is 14.7 Å². The van der Waals surface area contributed by atoms with Gasteiger partial charge in [-0.25, -0.2) is 9.59 Å². The number of hydrogen-bond donors (Lipinski definition) is 2. The summed E-state index contributed by atoms with van der Waals surface area (Å²) < 4.78 is 7.98. The Morgan fingerprint density at radius 1 is 1.19 bits per heavy atom. The molecule has 0 saturated carbocycles. The Labute approximate surface area is 181 Å². The Kier molecular flexibility index (Phi) is 7.66. The van der Waals surface area contributed by atoms with Gasteiger partial charge in [0, 0.05) is 30.6 Å². The molecule has 0 spiro atoms. The molecule has 1 aromatic heterocycles. The van der Waals surface area contributed by atoms with Gasteiger partial charge >= 0.3 is 11.9 Å². The number of aliphatic carboxylic acids is 2. The minimum absolute atomic E-state index is 0.357. The predicted octanol–water partition coefficient (Wildman–Crippen LogP) is 2.47. The summed E-state index contributed by atoms with van der Waals surface area (Å²) in [6.07, 6.45) is 12.5. The van der Waals surface area contributed by atoms with Gasteiger partial charge in [0.25, 0.3) is 0 Å². The number of nitrogens with zero attached hydrogens (tertiary/aromatic N) is 3. The third kappa shape index (κ3) is 5.84. The van der Waals surface area contributed by atoms with Crippen LogP contribution in [-0.2, 0) is 20.9 Å². The zero-order valence-electron chi connectivity index (χ0n) is 17.7. The number of rotatable bonds is 6. The molecule has 2 N–H and O–H groups in total. The zero-order valence-corrected chi connectivity index (χ0v) is 17.7. The molecule has 2 aliphatic heterocycles. The summed E-state index contributed by atoms with van der Waals surface area (Å²) in [6.45, 7) is 4.91. The number of para-hydroxylation sites is 1. The lowest BCUT2D eigenvalue weighted by atomic mass is 9.98. The molecule has 1 aromatic carbocycles. The molecule has 3 heterocycles. The molecule has 4 atom stereocenters. The van der Waals surface area contributed by atoms with Crippen LogP contribution in [0.2, 0.25) is 0 Å². The van der Waals surface area contributed by atoms with Crippen molar-refractivity contribution >= 4 is 22.8 Å². The summed E-state index contributed by atoms with van der Waals surface area (Å²) >= 11 is 0. The Morgan fingerprint density at radius 2 is 1.84 bits per heavy atom. The van der Waals surface area contributed by atoms with Crippen molar-refractivity contribution in [3.05, 3.63) is 30.5 Å². The lowest BCUT2D eigenvalue weighted by Crippen LogP contribution is -2.47. The minimum atomic E-state index is -1.82. The number of fused-ring (bicyclic) bond motifs is 3. The number of piperidine rings is 1. The second kappa shape index (κ2) is 10.4. The highest BCUT2D eigenvalue weighted by Crippen LogP contribution is 2.37. The van der Waals surface area contributed by atoms with Crippen LogP contribution < -0.4 is 0 Å². The molecular weight excluding hydrogens is 398 g/mol. The third-order valence-electron chi connectivity index (χ3n) is 5.98. The van der Waals surface area contributed by atoms with Gasteiger partial charge in [0.05, 0.1) is 17.8 Å². The Morgan fingerprint density at radius 3 is 2.45 bits per heavy atom. The summed E-state index contributed by atoms with van der Waals surface area (Å²) in [4.78, 5) is 20.9. The van der Waals surface area contributed by atoms with E-state index in [-0.39, 0.29) is 0 Å². The first-order valence-corrected chi connectivity index (χ1v) is 10.6. The highest BCUT2D eigenvalue weighted by atomic mass is 16.5. The van der Waals surface area contributed by atoms with Crippen LogP contribution in [0.15, 0.2) is 30.5 Å². The first kappa shape index (κ1) is 22.8. The van der Waals surface area contributed by atoms with Crippen LogP contribution in [-0.4, -0.2) is 68.2 Å². The summed E-state index contributed by atoms with van der Waals surface area (Å²) in [5, 5.41) is 20.6. The van der Waals surface area contributed by atoms with E-state index in [0.29, 0.717) is 30.7 Å². The van der Waals surface area contributed by atoms with E-state index < -0.39 is 11.9 Å². The average Bonchev–Trinajstić information content (AvgIpc) is 3.23. The van der Waals surface area contributed by atoms with Crippen LogP contribution in [0.25, 0.3) is 10.9 Å².